The summed E-state index contributed by atoms with van der Waals surface area (Å²) >= 11 is 15.4. The van der Waals surface area contributed by atoms with Crippen molar-refractivity contribution in [3.05, 3.63) is 44.6 Å². The molecule has 0 amide bonds. The quantitative estimate of drug-likeness (QED) is 0.567. The molecule has 0 bridgehead atoms. The maximum Gasteiger partial charge on any atom is 0.148 e. The third-order valence-corrected chi connectivity index (χ3v) is 4.39. The van der Waals surface area contributed by atoms with Crippen LogP contribution < -0.4 is 15.8 Å². The first-order valence-corrected chi connectivity index (χ1v) is 7.02. The molecule has 0 heterocycles. The lowest BCUT2D eigenvalue weighted by atomic mass is 10.2. The highest BCUT2D eigenvalue weighted by Gasteiger charge is 2.12. The molecule has 0 saturated carbocycles. The van der Waals surface area contributed by atoms with E-state index >= 15 is 0 Å². The molecular formula is C13H10BrCl2FN2O. The smallest absolute Gasteiger partial charge is 0.148 e. The second kappa shape index (κ2) is 6.08. The van der Waals surface area contributed by atoms with E-state index in [0.717, 1.165) is 0 Å². The van der Waals surface area contributed by atoms with Crippen LogP contribution in [0.25, 0.3) is 0 Å². The van der Waals surface area contributed by atoms with Crippen molar-refractivity contribution >= 4 is 56.2 Å². The van der Waals surface area contributed by atoms with Crippen LogP contribution in [-0.2, 0) is 0 Å². The highest BCUT2D eigenvalue weighted by Crippen LogP contribution is 2.38. The van der Waals surface area contributed by atoms with Crippen LogP contribution in [0.15, 0.2) is 28.7 Å². The standard InChI is InChI=1S/C13H10BrCl2FN2O/c1-20-11-5-10(7(17)4-8(11)18)19-9-3-2-6(14)12(15)13(9)16/h2-5,19H,18H2,1H3. The molecule has 0 unspecified atom stereocenters. The third kappa shape index (κ3) is 2.95. The summed E-state index contributed by atoms with van der Waals surface area (Å²) in [4.78, 5) is 0. The number of halogens is 4. The number of hydrogen-bond donors (Lipinski definition) is 2. The summed E-state index contributed by atoms with van der Waals surface area (Å²) in [5, 5.41) is 3.50. The van der Waals surface area contributed by atoms with Gasteiger partial charge in [0.2, 0.25) is 0 Å². The minimum Gasteiger partial charge on any atom is -0.495 e. The van der Waals surface area contributed by atoms with E-state index in [0.29, 0.717) is 20.9 Å². The first-order chi connectivity index (χ1) is 9.43. The Hall–Kier alpha value is -1.17. The molecule has 2 aromatic rings. The molecule has 0 radical (unpaired) electrons. The van der Waals surface area contributed by atoms with Crippen LogP contribution in [-0.4, -0.2) is 7.11 Å². The fourth-order valence-electron chi connectivity index (χ4n) is 1.61. The summed E-state index contributed by atoms with van der Waals surface area (Å²) in [5.74, 6) is -0.147. The van der Waals surface area contributed by atoms with E-state index < -0.39 is 5.82 Å². The Kier molecular flexibility index (Phi) is 4.62. The molecule has 0 aromatic heterocycles. The monoisotopic (exact) mass is 378 g/mol. The van der Waals surface area contributed by atoms with Crippen LogP contribution in [0, 0.1) is 5.82 Å². The summed E-state index contributed by atoms with van der Waals surface area (Å²) < 4.78 is 19.6. The Balaban J connectivity index is 2.42. The van der Waals surface area contributed by atoms with Crippen molar-refractivity contribution in [1.82, 2.24) is 0 Å². The first kappa shape index (κ1) is 15.2. The lowest BCUT2D eigenvalue weighted by Gasteiger charge is -2.13. The predicted octanol–water partition coefficient (Wildman–Crippen LogP) is 5.23. The molecule has 0 aliphatic heterocycles. The second-order valence-corrected chi connectivity index (χ2v) is 5.53. The zero-order chi connectivity index (χ0) is 14.9. The number of methoxy groups -OCH3 is 1. The first-order valence-electron chi connectivity index (χ1n) is 5.47. The van der Waals surface area contributed by atoms with Crippen molar-refractivity contribution in [2.24, 2.45) is 0 Å². The Morgan fingerprint density at radius 3 is 2.55 bits per heavy atom. The molecule has 0 atom stereocenters. The molecule has 7 heteroatoms. The van der Waals surface area contributed by atoms with Crippen molar-refractivity contribution < 1.29 is 9.13 Å². The molecule has 3 N–H and O–H groups in total. The number of benzene rings is 2. The highest BCUT2D eigenvalue weighted by atomic mass is 79.9. The van der Waals surface area contributed by atoms with E-state index in [9.17, 15) is 4.39 Å². The van der Waals surface area contributed by atoms with E-state index in [4.69, 9.17) is 33.7 Å². The van der Waals surface area contributed by atoms with Crippen LogP contribution >= 0.6 is 39.1 Å². The van der Waals surface area contributed by atoms with Crippen molar-refractivity contribution in [2.45, 2.75) is 0 Å². The summed E-state index contributed by atoms with van der Waals surface area (Å²) in [6.45, 7) is 0. The van der Waals surface area contributed by atoms with Crippen LogP contribution in [0.3, 0.4) is 0 Å². The van der Waals surface area contributed by atoms with Gasteiger partial charge >= 0.3 is 0 Å². The predicted molar refractivity (Wildman–Crippen MR) is 84.8 cm³/mol. The molecular weight excluding hydrogens is 370 g/mol. The normalized spacial score (nSPS) is 10.4. The fourth-order valence-corrected chi connectivity index (χ4v) is 2.43. The average molecular weight is 380 g/mol. The average Bonchev–Trinajstić information content (AvgIpc) is 2.42. The van der Waals surface area contributed by atoms with Gasteiger partial charge in [-0.05, 0) is 28.1 Å². The minimum atomic E-state index is -0.515. The van der Waals surface area contributed by atoms with Crippen molar-refractivity contribution in [2.75, 3.05) is 18.2 Å². The van der Waals surface area contributed by atoms with E-state index in [2.05, 4.69) is 21.2 Å². The number of anilines is 3. The molecule has 2 rings (SSSR count). The lowest BCUT2D eigenvalue weighted by Crippen LogP contribution is -1.99. The lowest BCUT2D eigenvalue weighted by molar-refractivity contribution is 0.416. The van der Waals surface area contributed by atoms with Gasteiger partial charge in [-0.1, -0.05) is 23.2 Å². The zero-order valence-electron chi connectivity index (χ0n) is 10.3. The Labute approximate surface area is 133 Å². The van der Waals surface area contributed by atoms with Gasteiger partial charge in [0.1, 0.15) is 11.6 Å². The van der Waals surface area contributed by atoms with E-state index in [1.165, 1.54) is 19.2 Å². The number of hydrogen-bond acceptors (Lipinski definition) is 3. The van der Waals surface area contributed by atoms with Crippen LogP contribution in [0.5, 0.6) is 5.75 Å². The van der Waals surface area contributed by atoms with Crippen LogP contribution in [0.1, 0.15) is 0 Å². The SMILES string of the molecule is COc1cc(Nc2ccc(Br)c(Cl)c2Cl)c(F)cc1N. The van der Waals surface area contributed by atoms with Gasteiger partial charge in [-0.15, -0.1) is 0 Å². The number of nitrogens with one attached hydrogen (secondary N) is 1. The Morgan fingerprint density at radius 1 is 1.20 bits per heavy atom. The van der Waals surface area contributed by atoms with Crippen molar-refractivity contribution in [3.63, 3.8) is 0 Å². The fraction of sp³-hybridized carbons (Fsp3) is 0.0769. The zero-order valence-corrected chi connectivity index (χ0v) is 13.4. The van der Waals surface area contributed by atoms with E-state index in [1.54, 1.807) is 12.1 Å². The van der Waals surface area contributed by atoms with Crippen molar-refractivity contribution in [1.29, 1.82) is 0 Å². The summed E-state index contributed by atoms with van der Waals surface area (Å²) in [6.07, 6.45) is 0. The van der Waals surface area contributed by atoms with Gasteiger partial charge in [0.25, 0.3) is 0 Å². The number of nitrogens with two attached hydrogens (primary N) is 1. The molecule has 0 saturated heterocycles. The summed E-state index contributed by atoms with van der Waals surface area (Å²) in [6, 6.07) is 6.02. The van der Waals surface area contributed by atoms with E-state index in [1.807, 2.05) is 0 Å². The van der Waals surface area contributed by atoms with Crippen molar-refractivity contribution in [3.8, 4) is 5.75 Å². The van der Waals surface area contributed by atoms with Gasteiger partial charge in [-0.3, -0.25) is 0 Å². The Morgan fingerprint density at radius 2 is 1.90 bits per heavy atom. The summed E-state index contributed by atoms with van der Waals surface area (Å²) in [7, 11) is 1.46. The van der Waals surface area contributed by atoms with Gasteiger partial charge < -0.3 is 15.8 Å². The van der Waals surface area contributed by atoms with Crippen LogP contribution in [0.4, 0.5) is 21.5 Å². The molecule has 0 fully saturated rings. The maximum atomic E-state index is 13.9. The van der Waals surface area contributed by atoms with Gasteiger partial charge in [-0.25, -0.2) is 4.39 Å². The third-order valence-electron chi connectivity index (χ3n) is 2.62. The topological polar surface area (TPSA) is 47.3 Å². The number of nitrogen functional groups attached to an aromatic ring is 1. The molecule has 3 nitrogen and oxygen atoms in total. The minimum absolute atomic E-state index is 0.191. The molecule has 0 aliphatic carbocycles. The highest BCUT2D eigenvalue weighted by molar-refractivity contribution is 9.10. The van der Waals surface area contributed by atoms with E-state index in [-0.39, 0.29) is 16.4 Å². The largest absolute Gasteiger partial charge is 0.495 e. The second-order valence-electron chi connectivity index (χ2n) is 3.92. The van der Waals surface area contributed by atoms with Crippen LogP contribution in [0.2, 0.25) is 10.0 Å². The Bertz CT molecular complexity index is 667. The molecule has 0 spiro atoms. The molecule has 20 heavy (non-hydrogen) atoms. The van der Waals surface area contributed by atoms with Gasteiger partial charge in [0, 0.05) is 16.6 Å². The van der Waals surface area contributed by atoms with Gasteiger partial charge in [0.15, 0.2) is 0 Å². The summed E-state index contributed by atoms with van der Waals surface area (Å²) in [5.41, 5.74) is 6.51. The molecule has 2 aromatic carbocycles. The number of ether oxygens (including phenoxy) is 1. The maximum absolute atomic E-state index is 13.9. The van der Waals surface area contributed by atoms with Gasteiger partial charge in [0.05, 0.1) is 34.2 Å². The molecule has 0 aliphatic rings. The molecule has 106 valence electrons. The number of rotatable bonds is 3. The van der Waals surface area contributed by atoms with Gasteiger partial charge in [-0.2, -0.15) is 0 Å².